The molecule has 0 spiro atoms. The molecule has 1 aromatic heterocycles. The van der Waals surface area contributed by atoms with Crippen LogP contribution in [0, 0.1) is 0 Å². The second kappa shape index (κ2) is 6.15. The summed E-state index contributed by atoms with van der Waals surface area (Å²) < 4.78 is 1.92. The Balaban J connectivity index is 1.60. The SMILES string of the molecule is O=C(Nc1ccc2c(c1)CNC2)c1cc(Cl)cc(-n2cccc2)c1. The molecule has 4 nitrogen and oxygen atoms in total. The lowest BCUT2D eigenvalue weighted by Crippen LogP contribution is -2.12. The predicted octanol–water partition coefficient (Wildman–Crippen LogP) is 3.99. The minimum Gasteiger partial charge on any atom is -0.324 e. The first-order chi connectivity index (χ1) is 11.7. The maximum absolute atomic E-state index is 12.6. The topological polar surface area (TPSA) is 46.1 Å². The van der Waals surface area contributed by atoms with Crippen molar-refractivity contribution in [2.75, 3.05) is 5.32 Å². The van der Waals surface area contributed by atoms with Crippen molar-refractivity contribution in [1.29, 1.82) is 0 Å². The summed E-state index contributed by atoms with van der Waals surface area (Å²) in [5, 5.41) is 6.78. The van der Waals surface area contributed by atoms with Crippen LogP contribution in [-0.4, -0.2) is 10.5 Å². The smallest absolute Gasteiger partial charge is 0.255 e. The van der Waals surface area contributed by atoms with Crippen molar-refractivity contribution < 1.29 is 4.79 Å². The zero-order valence-corrected chi connectivity index (χ0v) is 13.7. The lowest BCUT2D eigenvalue weighted by atomic mass is 10.1. The van der Waals surface area contributed by atoms with Gasteiger partial charge < -0.3 is 15.2 Å². The molecule has 0 aliphatic carbocycles. The average Bonchev–Trinajstić information content (AvgIpc) is 3.25. The Kier molecular flexibility index (Phi) is 3.84. The Bertz CT molecular complexity index is 903. The minimum absolute atomic E-state index is 0.170. The molecular weight excluding hydrogens is 322 g/mol. The molecule has 0 bridgehead atoms. The van der Waals surface area contributed by atoms with Crippen molar-refractivity contribution in [2.45, 2.75) is 13.1 Å². The fourth-order valence-corrected chi connectivity index (χ4v) is 3.17. The number of carbonyl (C=O) groups is 1. The highest BCUT2D eigenvalue weighted by atomic mass is 35.5. The summed E-state index contributed by atoms with van der Waals surface area (Å²) in [6.07, 6.45) is 3.84. The number of rotatable bonds is 3. The van der Waals surface area contributed by atoms with E-state index in [0.717, 1.165) is 24.5 Å². The molecule has 0 saturated heterocycles. The number of carbonyl (C=O) groups excluding carboxylic acids is 1. The van der Waals surface area contributed by atoms with Crippen molar-refractivity contribution in [1.82, 2.24) is 9.88 Å². The Labute approximate surface area is 145 Å². The van der Waals surface area contributed by atoms with Crippen LogP contribution in [0.25, 0.3) is 5.69 Å². The van der Waals surface area contributed by atoms with Gasteiger partial charge in [-0.1, -0.05) is 17.7 Å². The van der Waals surface area contributed by atoms with Gasteiger partial charge in [0.15, 0.2) is 0 Å². The van der Waals surface area contributed by atoms with Gasteiger partial charge in [0.25, 0.3) is 5.91 Å². The van der Waals surface area contributed by atoms with E-state index in [2.05, 4.69) is 10.6 Å². The number of fused-ring (bicyclic) bond motifs is 1. The zero-order chi connectivity index (χ0) is 16.5. The molecule has 1 aliphatic rings. The Morgan fingerprint density at radius 1 is 1.04 bits per heavy atom. The van der Waals surface area contributed by atoms with E-state index in [0.29, 0.717) is 10.6 Å². The third-order valence-electron chi connectivity index (χ3n) is 4.14. The quantitative estimate of drug-likeness (QED) is 0.759. The second-order valence-corrected chi connectivity index (χ2v) is 6.27. The van der Waals surface area contributed by atoms with E-state index < -0.39 is 0 Å². The Hall–Kier alpha value is -2.56. The molecule has 2 N–H and O–H groups in total. The van der Waals surface area contributed by atoms with Gasteiger partial charge in [0, 0.05) is 47.4 Å². The Morgan fingerprint density at radius 3 is 2.67 bits per heavy atom. The molecule has 0 fully saturated rings. The monoisotopic (exact) mass is 337 g/mol. The number of halogens is 1. The highest BCUT2D eigenvalue weighted by Crippen LogP contribution is 2.22. The van der Waals surface area contributed by atoms with E-state index in [1.54, 1.807) is 6.07 Å². The van der Waals surface area contributed by atoms with Crippen LogP contribution in [0.4, 0.5) is 5.69 Å². The molecule has 2 aromatic carbocycles. The summed E-state index contributed by atoms with van der Waals surface area (Å²) in [5.74, 6) is -0.170. The summed E-state index contributed by atoms with van der Waals surface area (Å²) in [4.78, 5) is 12.6. The van der Waals surface area contributed by atoms with Crippen LogP contribution < -0.4 is 10.6 Å². The highest BCUT2D eigenvalue weighted by Gasteiger charge is 2.13. The van der Waals surface area contributed by atoms with E-state index in [9.17, 15) is 4.79 Å². The number of nitrogens with zero attached hydrogens (tertiary/aromatic N) is 1. The third-order valence-corrected chi connectivity index (χ3v) is 4.36. The van der Waals surface area contributed by atoms with E-state index in [4.69, 9.17) is 11.6 Å². The van der Waals surface area contributed by atoms with E-state index >= 15 is 0 Å². The maximum atomic E-state index is 12.6. The summed E-state index contributed by atoms with van der Waals surface area (Å²) in [6, 6.07) is 15.2. The van der Waals surface area contributed by atoms with E-state index in [1.807, 2.05) is 59.4 Å². The van der Waals surface area contributed by atoms with Crippen LogP contribution in [0.1, 0.15) is 21.5 Å². The van der Waals surface area contributed by atoms with Gasteiger partial charge in [0.05, 0.1) is 0 Å². The van der Waals surface area contributed by atoms with Gasteiger partial charge in [-0.15, -0.1) is 0 Å². The lowest BCUT2D eigenvalue weighted by Gasteiger charge is -2.10. The number of aromatic nitrogens is 1. The standard InChI is InChI=1S/C19H16ClN3O/c20-16-7-14(9-18(10-16)23-5-1-2-6-23)19(24)22-17-4-3-13-11-21-12-15(13)8-17/h1-10,21H,11-12H2,(H,22,24). The van der Waals surface area contributed by atoms with Crippen molar-refractivity contribution >= 4 is 23.2 Å². The van der Waals surface area contributed by atoms with Crippen molar-refractivity contribution in [2.24, 2.45) is 0 Å². The number of nitrogens with one attached hydrogen (secondary N) is 2. The summed E-state index contributed by atoms with van der Waals surface area (Å²) in [5.41, 5.74) is 4.70. The fraction of sp³-hybridized carbons (Fsp3) is 0.105. The van der Waals surface area contributed by atoms with Crippen LogP contribution in [0.3, 0.4) is 0 Å². The van der Waals surface area contributed by atoms with Gasteiger partial charge in [0.2, 0.25) is 0 Å². The molecule has 0 atom stereocenters. The number of anilines is 1. The van der Waals surface area contributed by atoms with Gasteiger partial charge in [-0.25, -0.2) is 0 Å². The largest absolute Gasteiger partial charge is 0.324 e. The lowest BCUT2D eigenvalue weighted by molar-refractivity contribution is 0.102. The van der Waals surface area contributed by atoms with Crippen LogP contribution >= 0.6 is 11.6 Å². The van der Waals surface area contributed by atoms with E-state index in [1.165, 1.54) is 11.1 Å². The minimum atomic E-state index is -0.170. The van der Waals surface area contributed by atoms with Crippen molar-refractivity contribution in [3.8, 4) is 5.69 Å². The molecule has 1 aliphatic heterocycles. The molecule has 0 unspecified atom stereocenters. The first-order valence-electron chi connectivity index (χ1n) is 7.77. The van der Waals surface area contributed by atoms with Crippen LogP contribution in [0.5, 0.6) is 0 Å². The molecule has 0 radical (unpaired) electrons. The Morgan fingerprint density at radius 2 is 1.83 bits per heavy atom. The first-order valence-corrected chi connectivity index (χ1v) is 8.15. The third kappa shape index (κ3) is 2.94. The average molecular weight is 338 g/mol. The highest BCUT2D eigenvalue weighted by molar-refractivity contribution is 6.31. The summed E-state index contributed by atoms with van der Waals surface area (Å²) >= 11 is 6.19. The van der Waals surface area contributed by atoms with Crippen LogP contribution in [0.15, 0.2) is 60.9 Å². The molecule has 1 amide bonds. The van der Waals surface area contributed by atoms with Gasteiger partial charge in [-0.2, -0.15) is 0 Å². The number of benzene rings is 2. The molecule has 5 heteroatoms. The van der Waals surface area contributed by atoms with Gasteiger partial charge in [-0.3, -0.25) is 4.79 Å². The van der Waals surface area contributed by atoms with E-state index in [-0.39, 0.29) is 5.91 Å². The normalized spacial score (nSPS) is 12.9. The predicted molar refractivity (Wildman–Crippen MR) is 95.7 cm³/mol. The van der Waals surface area contributed by atoms with Gasteiger partial charge in [0.1, 0.15) is 0 Å². The molecule has 2 heterocycles. The van der Waals surface area contributed by atoms with Crippen LogP contribution in [0.2, 0.25) is 5.02 Å². The fourth-order valence-electron chi connectivity index (χ4n) is 2.94. The molecule has 4 rings (SSSR count). The van der Waals surface area contributed by atoms with Gasteiger partial charge in [-0.05, 0) is 53.6 Å². The number of hydrogen-bond acceptors (Lipinski definition) is 2. The second-order valence-electron chi connectivity index (χ2n) is 5.83. The maximum Gasteiger partial charge on any atom is 0.255 e. The van der Waals surface area contributed by atoms with Crippen molar-refractivity contribution in [3.05, 3.63) is 82.6 Å². The first kappa shape index (κ1) is 15.0. The molecular formula is C19H16ClN3O. The molecule has 3 aromatic rings. The summed E-state index contributed by atoms with van der Waals surface area (Å²) in [7, 11) is 0. The molecule has 0 saturated carbocycles. The van der Waals surface area contributed by atoms with Gasteiger partial charge >= 0.3 is 0 Å². The number of hydrogen-bond donors (Lipinski definition) is 2. The number of amides is 1. The van der Waals surface area contributed by atoms with Crippen LogP contribution in [-0.2, 0) is 13.1 Å². The zero-order valence-electron chi connectivity index (χ0n) is 12.9. The summed E-state index contributed by atoms with van der Waals surface area (Å²) in [6.45, 7) is 1.73. The van der Waals surface area contributed by atoms with Crippen molar-refractivity contribution in [3.63, 3.8) is 0 Å². The molecule has 24 heavy (non-hydrogen) atoms. The molecule has 120 valence electrons.